The van der Waals surface area contributed by atoms with E-state index in [1.165, 1.54) is 4.31 Å². The predicted molar refractivity (Wildman–Crippen MR) is 80.2 cm³/mol. The highest BCUT2D eigenvalue weighted by Gasteiger charge is 2.26. The second kappa shape index (κ2) is 5.91. The molecule has 0 aliphatic heterocycles. The number of fused-ring (bicyclic) bond motifs is 1. The molecule has 0 fully saturated rings. The lowest BCUT2D eigenvalue weighted by atomic mass is 10.1. The number of sulfonamides is 1. The molecule has 20 heavy (non-hydrogen) atoms. The van der Waals surface area contributed by atoms with Crippen molar-refractivity contribution < 1.29 is 13.2 Å². The fourth-order valence-corrected chi connectivity index (χ4v) is 3.72. The van der Waals surface area contributed by atoms with Crippen molar-refractivity contribution in [3.05, 3.63) is 42.5 Å². The molecule has 1 atom stereocenters. The molecule has 0 spiro atoms. The van der Waals surface area contributed by atoms with Crippen LogP contribution in [0.4, 0.5) is 0 Å². The minimum Gasteiger partial charge on any atom is -0.383 e. The SMILES string of the molecule is COCC(C)N(C)S(=O)(=O)c1cccc2ccccc12. The smallest absolute Gasteiger partial charge is 0.243 e. The van der Waals surface area contributed by atoms with E-state index >= 15 is 0 Å². The van der Waals surface area contributed by atoms with Crippen LogP contribution in [0.1, 0.15) is 6.92 Å². The van der Waals surface area contributed by atoms with Gasteiger partial charge in [-0.25, -0.2) is 8.42 Å². The zero-order valence-electron chi connectivity index (χ0n) is 11.9. The van der Waals surface area contributed by atoms with Gasteiger partial charge >= 0.3 is 0 Å². The van der Waals surface area contributed by atoms with Crippen LogP contribution in [-0.4, -0.2) is 39.5 Å². The zero-order chi connectivity index (χ0) is 14.8. The van der Waals surface area contributed by atoms with Crippen LogP contribution in [0.2, 0.25) is 0 Å². The fraction of sp³-hybridized carbons (Fsp3) is 0.333. The van der Waals surface area contributed by atoms with Crippen molar-refractivity contribution in [2.24, 2.45) is 0 Å². The molecule has 0 aliphatic carbocycles. The Kier molecular flexibility index (Phi) is 4.42. The Morgan fingerprint density at radius 2 is 1.80 bits per heavy atom. The number of nitrogens with zero attached hydrogens (tertiary/aromatic N) is 1. The van der Waals surface area contributed by atoms with Crippen LogP contribution in [0.5, 0.6) is 0 Å². The Morgan fingerprint density at radius 3 is 2.50 bits per heavy atom. The molecule has 0 radical (unpaired) electrons. The van der Waals surface area contributed by atoms with Gasteiger partial charge in [0, 0.05) is 25.6 Å². The quantitative estimate of drug-likeness (QED) is 0.851. The topological polar surface area (TPSA) is 46.6 Å². The van der Waals surface area contributed by atoms with E-state index in [0.29, 0.717) is 11.5 Å². The molecular weight excluding hydrogens is 274 g/mol. The van der Waals surface area contributed by atoms with Crippen molar-refractivity contribution >= 4 is 20.8 Å². The molecule has 2 rings (SSSR count). The second-order valence-corrected chi connectivity index (χ2v) is 6.77. The average Bonchev–Trinajstić information content (AvgIpc) is 2.46. The summed E-state index contributed by atoms with van der Waals surface area (Å²) >= 11 is 0. The Bertz CT molecular complexity index is 692. The maximum atomic E-state index is 12.7. The predicted octanol–water partition coefficient (Wildman–Crippen LogP) is 2.50. The highest BCUT2D eigenvalue weighted by molar-refractivity contribution is 7.89. The molecule has 0 amide bonds. The largest absolute Gasteiger partial charge is 0.383 e. The fourth-order valence-electron chi connectivity index (χ4n) is 2.16. The van der Waals surface area contributed by atoms with Crippen molar-refractivity contribution in [3.63, 3.8) is 0 Å². The lowest BCUT2D eigenvalue weighted by molar-refractivity contribution is 0.149. The first-order chi connectivity index (χ1) is 9.48. The Morgan fingerprint density at radius 1 is 1.15 bits per heavy atom. The third kappa shape index (κ3) is 2.70. The summed E-state index contributed by atoms with van der Waals surface area (Å²) in [6.07, 6.45) is 0. The summed E-state index contributed by atoms with van der Waals surface area (Å²) in [6.45, 7) is 2.19. The van der Waals surface area contributed by atoms with Crippen LogP contribution in [0.3, 0.4) is 0 Å². The number of hydrogen-bond acceptors (Lipinski definition) is 3. The molecule has 4 nitrogen and oxygen atoms in total. The zero-order valence-corrected chi connectivity index (χ0v) is 12.7. The molecule has 108 valence electrons. The highest BCUT2D eigenvalue weighted by Crippen LogP contribution is 2.25. The normalized spacial score (nSPS) is 13.8. The highest BCUT2D eigenvalue weighted by atomic mass is 32.2. The summed E-state index contributed by atoms with van der Waals surface area (Å²) in [5.41, 5.74) is 0. The second-order valence-electron chi connectivity index (χ2n) is 4.80. The van der Waals surface area contributed by atoms with Crippen LogP contribution in [0.25, 0.3) is 10.8 Å². The average molecular weight is 293 g/mol. The minimum absolute atomic E-state index is 0.219. The summed E-state index contributed by atoms with van der Waals surface area (Å²) < 4.78 is 31.9. The lowest BCUT2D eigenvalue weighted by Crippen LogP contribution is -2.37. The molecule has 0 bridgehead atoms. The monoisotopic (exact) mass is 293 g/mol. The molecule has 0 saturated heterocycles. The van der Waals surface area contributed by atoms with E-state index in [4.69, 9.17) is 4.74 Å². The van der Waals surface area contributed by atoms with Crippen molar-refractivity contribution in [1.29, 1.82) is 0 Å². The van der Waals surface area contributed by atoms with E-state index in [1.54, 1.807) is 26.3 Å². The Hall–Kier alpha value is -1.43. The number of benzene rings is 2. The summed E-state index contributed by atoms with van der Waals surface area (Å²) in [4.78, 5) is 0.334. The summed E-state index contributed by atoms with van der Waals surface area (Å²) in [7, 11) is -0.385. The molecule has 0 aromatic heterocycles. The number of rotatable bonds is 5. The summed E-state index contributed by atoms with van der Waals surface area (Å²) in [5.74, 6) is 0. The van der Waals surface area contributed by atoms with Crippen LogP contribution < -0.4 is 0 Å². The van der Waals surface area contributed by atoms with Crippen LogP contribution in [0, 0.1) is 0 Å². The molecule has 0 N–H and O–H groups in total. The molecule has 5 heteroatoms. The van der Waals surface area contributed by atoms with Gasteiger partial charge in [-0.05, 0) is 18.4 Å². The first-order valence-electron chi connectivity index (χ1n) is 6.43. The number of hydrogen-bond donors (Lipinski definition) is 0. The third-order valence-electron chi connectivity index (χ3n) is 3.44. The molecule has 0 heterocycles. The number of ether oxygens (including phenoxy) is 1. The Labute approximate surface area is 120 Å². The van der Waals surface area contributed by atoms with E-state index in [9.17, 15) is 8.42 Å². The number of likely N-dealkylation sites (N-methyl/N-ethyl adjacent to an activating group) is 1. The maximum Gasteiger partial charge on any atom is 0.243 e. The Balaban J connectivity index is 2.52. The van der Waals surface area contributed by atoms with Gasteiger partial charge in [-0.2, -0.15) is 4.31 Å². The van der Waals surface area contributed by atoms with Gasteiger partial charge in [0.15, 0.2) is 0 Å². The summed E-state index contributed by atoms with van der Waals surface area (Å²) in [5, 5.41) is 1.66. The van der Waals surface area contributed by atoms with Gasteiger partial charge in [0.1, 0.15) is 0 Å². The van der Waals surface area contributed by atoms with Crippen LogP contribution >= 0.6 is 0 Å². The first-order valence-corrected chi connectivity index (χ1v) is 7.87. The standard InChI is InChI=1S/C15H19NO3S/c1-12(11-19-3)16(2)20(17,18)15-10-6-8-13-7-4-5-9-14(13)15/h4-10,12H,11H2,1-3H3. The van der Waals surface area contributed by atoms with E-state index in [1.807, 2.05) is 37.3 Å². The van der Waals surface area contributed by atoms with Gasteiger partial charge in [-0.1, -0.05) is 36.4 Å². The van der Waals surface area contributed by atoms with Gasteiger partial charge in [-0.15, -0.1) is 0 Å². The molecule has 2 aromatic rings. The lowest BCUT2D eigenvalue weighted by Gasteiger charge is -2.24. The summed E-state index contributed by atoms with van der Waals surface area (Å²) in [6, 6.07) is 12.6. The van der Waals surface area contributed by atoms with Crippen molar-refractivity contribution in [2.45, 2.75) is 17.9 Å². The van der Waals surface area contributed by atoms with Crippen molar-refractivity contribution in [1.82, 2.24) is 4.31 Å². The van der Waals surface area contributed by atoms with Gasteiger partial charge in [-0.3, -0.25) is 0 Å². The molecule has 0 saturated carbocycles. The van der Waals surface area contributed by atoms with Gasteiger partial charge < -0.3 is 4.74 Å². The van der Waals surface area contributed by atoms with E-state index in [2.05, 4.69) is 0 Å². The van der Waals surface area contributed by atoms with Crippen LogP contribution in [0.15, 0.2) is 47.4 Å². The minimum atomic E-state index is -3.53. The first kappa shape index (κ1) is 15.0. The van der Waals surface area contributed by atoms with E-state index < -0.39 is 10.0 Å². The van der Waals surface area contributed by atoms with Gasteiger partial charge in [0.25, 0.3) is 0 Å². The molecule has 2 aromatic carbocycles. The number of methoxy groups -OCH3 is 1. The van der Waals surface area contributed by atoms with Gasteiger partial charge in [0.05, 0.1) is 11.5 Å². The molecule has 1 unspecified atom stereocenters. The van der Waals surface area contributed by atoms with Crippen molar-refractivity contribution in [3.8, 4) is 0 Å². The van der Waals surface area contributed by atoms with Crippen LogP contribution in [-0.2, 0) is 14.8 Å². The maximum absolute atomic E-state index is 12.7. The van der Waals surface area contributed by atoms with E-state index in [-0.39, 0.29) is 6.04 Å². The molecule has 0 aliphatic rings. The van der Waals surface area contributed by atoms with E-state index in [0.717, 1.165) is 10.8 Å². The molecular formula is C15H19NO3S. The van der Waals surface area contributed by atoms with Gasteiger partial charge in [0.2, 0.25) is 10.0 Å². The van der Waals surface area contributed by atoms with Crippen molar-refractivity contribution in [2.75, 3.05) is 20.8 Å². The third-order valence-corrected chi connectivity index (χ3v) is 5.47.